The van der Waals surface area contributed by atoms with Crippen LogP contribution in [0.25, 0.3) is 0 Å². The van der Waals surface area contributed by atoms with E-state index in [4.69, 9.17) is 0 Å². The van der Waals surface area contributed by atoms with Gasteiger partial charge in [-0.2, -0.15) is 5.10 Å². The summed E-state index contributed by atoms with van der Waals surface area (Å²) in [7, 11) is 1.93. The van der Waals surface area contributed by atoms with Crippen LogP contribution in [-0.2, 0) is 31.2 Å². The largest absolute Gasteiger partial charge is 0.335 e. The van der Waals surface area contributed by atoms with Gasteiger partial charge in [0.1, 0.15) is 0 Å². The molecule has 6 heteroatoms. The maximum atomic E-state index is 13.4. The fraction of sp³-hybridized carbons (Fsp3) is 0.522. The van der Waals surface area contributed by atoms with Gasteiger partial charge in [-0.15, -0.1) is 0 Å². The van der Waals surface area contributed by atoms with Crippen molar-refractivity contribution in [1.82, 2.24) is 19.6 Å². The Bertz CT molecular complexity index is 890. The first-order chi connectivity index (χ1) is 14.1. The predicted octanol–water partition coefficient (Wildman–Crippen LogP) is 2.95. The van der Waals surface area contributed by atoms with E-state index in [0.717, 1.165) is 43.2 Å². The van der Waals surface area contributed by atoms with Crippen molar-refractivity contribution in [3.63, 3.8) is 0 Å². The zero-order valence-electron chi connectivity index (χ0n) is 17.4. The first-order valence-corrected chi connectivity index (χ1v) is 10.8. The van der Waals surface area contributed by atoms with Crippen LogP contribution in [0.1, 0.15) is 59.9 Å². The number of hydrogen-bond donors (Lipinski definition) is 0. The summed E-state index contributed by atoms with van der Waals surface area (Å²) in [5, 5.41) is 4.58. The summed E-state index contributed by atoms with van der Waals surface area (Å²) in [5.74, 6) is 0.107. The van der Waals surface area contributed by atoms with Crippen molar-refractivity contribution in [3.05, 3.63) is 52.8 Å². The van der Waals surface area contributed by atoms with E-state index < -0.39 is 0 Å². The van der Waals surface area contributed by atoms with Gasteiger partial charge in [-0.05, 0) is 37.7 Å². The third-order valence-corrected chi connectivity index (χ3v) is 6.31. The van der Waals surface area contributed by atoms with E-state index in [1.54, 1.807) is 0 Å². The highest BCUT2D eigenvalue weighted by molar-refractivity contribution is 5.94. The number of carbonyl (C=O) groups excluding carboxylic acids is 2. The third-order valence-electron chi connectivity index (χ3n) is 6.31. The van der Waals surface area contributed by atoms with E-state index in [2.05, 4.69) is 12.0 Å². The lowest BCUT2D eigenvalue weighted by Crippen LogP contribution is -2.44. The fourth-order valence-corrected chi connectivity index (χ4v) is 4.65. The SMILES string of the molecule is CCC1CN(C(=O)c2nn(C)c3c2CCCC3)CCC(=O)N1Cc1ccccc1. The molecular weight excluding hydrogens is 364 g/mol. The molecule has 1 unspecified atom stereocenters. The molecule has 1 aliphatic carbocycles. The van der Waals surface area contributed by atoms with Gasteiger partial charge in [0, 0.05) is 50.4 Å². The molecule has 1 atom stereocenters. The van der Waals surface area contributed by atoms with Crippen LogP contribution in [-0.4, -0.2) is 50.5 Å². The van der Waals surface area contributed by atoms with Crippen LogP contribution < -0.4 is 0 Å². The molecule has 1 fully saturated rings. The molecule has 0 radical (unpaired) electrons. The Labute approximate surface area is 172 Å². The Balaban J connectivity index is 1.56. The lowest BCUT2D eigenvalue weighted by Gasteiger charge is -2.31. The topological polar surface area (TPSA) is 58.4 Å². The molecule has 0 N–H and O–H groups in total. The number of aryl methyl sites for hydroxylation is 1. The molecule has 2 heterocycles. The van der Waals surface area contributed by atoms with Crippen LogP contribution in [0, 0.1) is 0 Å². The number of amides is 2. The molecule has 0 saturated carbocycles. The molecule has 2 amide bonds. The summed E-state index contributed by atoms with van der Waals surface area (Å²) in [4.78, 5) is 30.1. The molecule has 0 bridgehead atoms. The van der Waals surface area contributed by atoms with E-state index in [1.807, 2.05) is 51.9 Å². The Morgan fingerprint density at radius 3 is 2.66 bits per heavy atom. The molecule has 2 aromatic rings. The number of fused-ring (bicyclic) bond motifs is 1. The van der Waals surface area contributed by atoms with Gasteiger partial charge in [0.2, 0.25) is 5.91 Å². The minimum Gasteiger partial charge on any atom is -0.335 e. The maximum absolute atomic E-state index is 13.4. The van der Waals surface area contributed by atoms with Crippen LogP contribution in [0.5, 0.6) is 0 Å². The van der Waals surface area contributed by atoms with Gasteiger partial charge in [0.05, 0.1) is 0 Å². The lowest BCUT2D eigenvalue weighted by molar-refractivity contribution is -0.133. The minimum atomic E-state index is -0.0171. The molecule has 4 rings (SSSR count). The molecule has 2 aliphatic rings. The normalized spacial score (nSPS) is 19.8. The highest BCUT2D eigenvalue weighted by Crippen LogP contribution is 2.26. The maximum Gasteiger partial charge on any atom is 0.274 e. The zero-order chi connectivity index (χ0) is 20.4. The number of carbonyl (C=O) groups is 2. The van der Waals surface area contributed by atoms with Crippen LogP contribution in [0.15, 0.2) is 30.3 Å². The quantitative estimate of drug-likeness (QED) is 0.801. The molecule has 154 valence electrons. The second kappa shape index (κ2) is 8.39. The fourth-order valence-electron chi connectivity index (χ4n) is 4.65. The Morgan fingerprint density at radius 1 is 1.14 bits per heavy atom. The summed E-state index contributed by atoms with van der Waals surface area (Å²) in [6.07, 6.45) is 5.37. The average Bonchev–Trinajstić information content (AvgIpc) is 3.00. The average molecular weight is 395 g/mol. The van der Waals surface area contributed by atoms with Crippen LogP contribution in [0.4, 0.5) is 0 Å². The van der Waals surface area contributed by atoms with Gasteiger partial charge < -0.3 is 9.80 Å². The molecular formula is C23H30N4O2. The second-order valence-corrected chi connectivity index (χ2v) is 8.18. The molecule has 1 aromatic heterocycles. The molecule has 29 heavy (non-hydrogen) atoms. The number of benzene rings is 1. The van der Waals surface area contributed by atoms with E-state index in [-0.39, 0.29) is 17.9 Å². The number of nitrogens with zero attached hydrogens (tertiary/aromatic N) is 4. The van der Waals surface area contributed by atoms with Crippen molar-refractivity contribution < 1.29 is 9.59 Å². The first-order valence-electron chi connectivity index (χ1n) is 10.8. The Hall–Kier alpha value is -2.63. The van der Waals surface area contributed by atoms with E-state index in [9.17, 15) is 9.59 Å². The van der Waals surface area contributed by atoms with Gasteiger partial charge >= 0.3 is 0 Å². The molecule has 6 nitrogen and oxygen atoms in total. The zero-order valence-corrected chi connectivity index (χ0v) is 17.4. The number of aromatic nitrogens is 2. The van der Waals surface area contributed by atoms with Crippen molar-refractivity contribution in [2.45, 2.75) is 58.0 Å². The van der Waals surface area contributed by atoms with Crippen molar-refractivity contribution >= 4 is 11.8 Å². The number of rotatable bonds is 4. The van der Waals surface area contributed by atoms with Gasteiger partial charge in [-0.3, -0.25) is 14.3 Å². The van der Waals surface area contributed by atoms with Gasteiger partial charge in [0.15, 0.2) is 5.69 Å². The summed E-state index contributed by atoms with van der Waals surface area (Å²) >= 11 is 0. The predicted molar refractivity (Wildman–Crippen MR) is 111 cm³/mol. The number of hydrogen-bond acceptors (Lipinski definition) is 3. The summed E-state index contributed by atoms with van der Waals surface area (Å²) < 4.78 is 1.88. The second-order valence-electron chi connectivity index (χ2n) is 8.18. The minimum absolute atomic E-state index is 0.0171. The van der Waals surface area contributed by atoms with E-state index in [1.165, 1.54) is 5.69 Å². The Morgan fingerprint density at radius 2 is 1.90 bits per heavy atom. The van der Waals surface area contributed by atoms with Crippen molar-refractivity contribution in [2.75, 3.05) is 13.1 Å². The Kier molecular flexibility index (Phi) is 5.69. The third kappa shape index (κ3) is 3.93. The van der Waals surface area contributed by atoms with Crippen LogP contribution in [0.3, 0.4) is 0 Å². The van der Waals surface area contributed by atoms with Crippen molar-refractivity contribution in [2.24, 2.45) is 7.05 Å². The highest BCUT2D eigenvalue weighted by Gasteiger charge is 2.33. The van der Waals surface area contributed by atoms with Gasteiger partial charge in [-0.25, -0.2) is 0 Å². The summed E-state index contributed by atoms with van der Waals surface area (Å²) in [5.41, 5.74) is 4.04. The summed E-state index contributed by atoms with van der Waals surface area (Å²) in [6, 6.07) is 10.1. The first kappa shape index (κ1) is 19.7. The van der Waals surface area contributed by atoms with E-state index in [0.29, 0.717) is 31.7 Å². The molecule has 0 spiro atoms. The van der Waals surface area contributed by atoms with Crippen LogP contribution >= 0.6 is 0 Å². The molecule has 1 aromatic carbocycles. The van der Waals surface area contributed by atoms with Crippen molar-refractivity contribution in [1.29, 1.82) is 0 Å². The van der Waals surface area contributed by atoms with Gasteiger partial charge in [0.25, 0.3) is 5.91 Å². The standard InChI is InChI=1S/C23H30N4O2/c1-3-18-16-26(14-13-21(28)27(18)15-17-9-5-4-6-10-17)23(29)22-19-11-7-8-12-20(19)25(2)24-22/h4-6,9-10,18H,3,7-8,11-16H2,1-2H3. The van der Waals surface area contributed by atoms with E-state index >= 15 is 0 Å². The van der Waals surface area contributed by atoms with Crippen molar-refractivity contribution in [3.8, 4) is 0 Å². The van der Waals surface area contributed by atoms with Crippen LogP contribution in [0.2, 0.25) is 0 Å². The lowest BCUT2D eigenvalue weighted by atomic mass is 9.95. The highest BCUT2D eigenvalue weighted by atomic mass is 16.2. The molecule has 1 saturated heterocycles. The summed E-state index contributed by atoms with van der Waals surface area (Å²) in [6.45, 7) is 3.72. The van der Waals surface area contributed by atoms with Gasteiger partial charge in [-0.1, -0.05) is 37.3 Å². The molecule has 1 aliphatic heterocycles. The smallest absolute Gasteiger partial charge is 0.274 e. The monoisotopic (exact) mass is 394 g/mol.